The summed E-state index contributed by atoms with van der Waals surface area (Å²) in [5.41, 5.74) is 8.26. The first-order valence-corrected chi connectivity index (χ1v) is 12.0. The zero-order valence-electron chi connectivity index (χ0n) is 18.3. The molecule has 0 saturated carbocycles. The van der Waals surface area contributed by atoms with Crippen LogP contribution in [0.2, 0.25) is 5.02 Å². The van der Waals surface area contributed by atoms with Crippen molar-refractivity contribution < 1.29 is 14.7 Å². The average molecular weight is 502 g/mol. The number of benzene rings is 2. The van der Waals surface area contributed by atoms with Crippen LogP contribution in [0.25, 0.3) is 10.2 Å². The molecule has 3 heterocycles. The number of nitrogens with zero attached hydrogens (tertiary/aromatic N) is 3. The molecule has 10 nitrogen and oxygen atoms in total. The van der Waals surface area contributed by atoms with Gasteiger partial charge in [0, 0.05) is 38.2 Å². The van der Waals surface area contributed by atoms with Gasteiger partial charge in [0.2, 0.25) is 11.7 Å². The highest BCUT2D eigenvalue weighted by Crippen LogP contribution is 2.43. The summed E-state index contributed by atoms with van der Waals surface area (Å²) in [5, 5.41) is 20.8. The number of rotatable bonds is 6. The van der Waals surface area contributed by atoms with Crippen LogP contribution in [0.5, 0.6) is 0 Å². The fourth-order valence-electron chi connectivity index (χ4n) is 4.68. The zero-order chi connectivity index (χ0) is 24.0. The standard InChI is InChI=1S/C22H24ClN7O3S/c1-29-16-5-2-12(20(32)33)10-15(16)27-22(29,18(19(24)31)30-8-6-25-7-9-30)28-21-26-14-4-3-13(23)11-17(14)34-21/h2-5,10-11,18,25,27H,6-9H2,1H3,(H2,24,31)(H,26,28)(H,32,33). The van der Waals surface area contributed by atoms with Crippen molar-refractivity contribution in [2.24, 2.45) is 5.73 Å². The van der Waals surface area contributed by atoms with Crippen LogP contribution in [0.3, 0.4) is 0 Å². The van der Waals surface area contributed by atoms with E-state index in [1.165, 1.54) is 11.3 Å². The fraction of sp³-hybridized carbons (Fsp3) is 0.318. The topological polar surface area (TPSA) is 136 Å². The smallest absolute Gasteiger partial charge is 0.335 e. The van der Waals surface area contributed by atoms with Crippen molar-refractivity contribution in [3.63, 3.8) is 0 Å². The number of hydrogen-bond acceptors (Lipinski definition) is 9. The zero-order valence-corrected chi connectivity index (χ0v) is 19.9. The molecule has 1 fully saturated rings. The summed E-state index contributed by atoms with van der Waals surface area (Å²) in [7, 11) is 1.84. The molecule has 2 aliphatic rings. The van der Waals surface area contributed by atoms with E-state index in [-0.39, 0.29) is 5.56 Å². The fourth-order valence-corrected chi connectivity index (χ4v) is 5.88. The van der Waals surface area contributed by atoms with Crippen molar-refractivity contribution in [3.05, 3.63) is 47.0 Å². The van der Waals surface area contributed by atoms with Gasteiger partial charge in [0.1, 0.15) is 0 Å². The lowest BCUT2D eigenvalue weighted by molar-refractivity contribution is -0.125. The molecule has 0 bridgehead atoms. The minimum Gasteiger partial charge on any atom is -0.478 e. The van der Waals surface area contributed by atoms with Crippen LogP contribution < -0.4 is 26.6 Å². The molecule has 6 N–H and O–H groups in total. The van der Waals surface area contributed by atoms with Crippen LogP contribution in [0.4, 0.5) is 16.5 Å². The summed E-state index contributed by atoms with van der Waals surface area (Å²) in [6, 6.07) is 9.49. The predicted molar refractivity (Wildman–Crippen MR) is 134 cm³/mol. The molecule has 0 aliphatic carbocycles. The van der Waals surface area contributed by atoms with E-state index in [9.17, 15) is 14.7 Å². The molecule has 0 radical (unpaired) electrons. The van der Waals surface area contributed by atoms with Crippen molar-refractivity contribution >= 4 is 61.5 Å². The molecule has 1 saturated heterocycles. The van der Waals surface area contributed by atoms with E-state index in [1.54, 1.807) is 24.3 Å². The molecule has 2 aliphatic heterocycles. The lowest BCUT2D eigenvalue weighted by atomic mass is 10.0. The number of carbonyl (C=O) groups excluding carboxylic acids is 1. The number of anilines is 3. The molecule has 0 spiro atoms. The average Bonchev–Trinajstić information content (AvgIpc) is 3.31. The number of primary amides is 1. The van der Waals surface area contributed by atoms with Crippen LogP contribution in [-0.2, 0) is 4.79 Å². The number of amides is 1. The van der Waals surface area contributed by atoms with Gasteiger partial charge >= 0.3 is 5.97 Å². The van der Waals surface area contributed by atoms with Crippen molar-refractivity contribution in [2.45, 2.75) is 11.8 Å². The van der Waals surface area contributed by atoms with Gasteiger partial charge in [0.15, 0.2) is 11.2 Å². The Bertz CT molecular complexity index is 1280. The minimum atomic E-state index is -1.21. The molecular weight excluding hydrogens is 478 g/mol. The Kier molecular flexibility index (Phi) is 5.72. The number of likely N-dealkylation sites (N-methyl/N-ethyl adjacent to an activating group) is 1. The number of thiazole rings is 1. The first-order chi connectivity index (χ1) is 16.3. The summed E-state index contributed by atoms with van der Waals surface area (Å²) in [5.74, 6) is -2.75. The van der Waals surface area contributed by atoms with Crippen LogP contribution in [-0.4, -0.2) is 71.9 Å². The maximum atomic E-state index is 13.0. The van der Waals surface area contributed by atoms with Crippen molar-refractivity contribution in [2.75, 3.05) is 48.8 Å². The Morgan fingerprint density at radius 2 is 2.03 bits per heavy atom. The van der Waals surface area contributed by atoms with E-state index in [0.29, 0.717) is 28.9 Å². The predicted octanol–water partition coefficient (Wildman–Crippen LogP) is 2.03. The minimum absolute atomic E-state index is 0.142. The highest BCUT2D eigenvalue weighted by Gasteiger charge is 2.54. The summed E-state index contributed by atoms with van der Waals surface area (Å²) < 4.78 is 0.897. The summed E-state index contributed by atoms with van der Waals surface area (Å²) in [6.07, 6.45) is 0. The van der Waals surface area contributed by atoms with Crippen molar-refractivity contribution in [3.8, 4) is 0 Å². The molecule has 34 heavy (non-hydrogen) atoms. The second-order valence-corrected chi connectivity index (χ2v) is 9.80. The number of nitrogens with two attached hydrogens (primary N) is 1. The third-order valence-electron chi connectivity index (χ3n) is 6.29. The number of carboxylic acids is 1. The molecule has 2 aromatic carbocycles. The second kappa shape index (κ2) is 8.58. The first kappa shape index (κ1) is 22.7. The lowest BCUT2D eigenvalue weighted by Crippen LogP contribution is -2.73. The highest BCUT2D eigenvalue weighted by atomic mass is 35.5. The van der Waals surface area contributed by atoms with Crippen LogP contribution in [0.15, 0.2) is 36.4 Å². The molecule has 2 atom stereocenters. The monoisotopic (exact) mass is 501 g/mol. The van der Waals surface area contributed by atoms with Crippen LogP contribution in [0.1, 0.15) is 10.4 Å². The van der Waals surface area contributed by atoms with Gasteiger partial charge in [-0.15, -0.1) is 0 Å². The van der Waals surface area contributed by atoms with E-state index in [2.05, 4.69) is 16.0 Å². The Hall–Kier alpha value is -3.12. The third kappa shape index (κ3) is 3.80. The molecule has 1 aromatic heterocycles. The number of aromatic nitrogens is 1. The summed E-state index contributed by atoms with van der Waals surface area (Å²) >= 11 is 7.57. The number of carbonyl (C=O) groups is 2. The van der Waals surface area contributed by atoms with Gasteiger partial charge in [0.25, 0.3) is 0 Å². The van der Waals surface area contributed by atoms with Crippen molar-refractivity contribution in [1.29, 1.82) is 0 Å². The van der Waals surface area contributed by atoms with Crippen LogP contribution >= 0.6 is 22.9 Å². The molecule has 2 unspecified atom stereocenters. The second-order valence-electron chi connectivity index (χ2n) is 8.33. The quantitative estimate of drug-likeness (QED) is 0.343. The Balaban J connectivity index is 1.62. The van der Waals surface area contributed by atoms with E-state index < -0.39 is 23.7 Å². The first-order valence-electron chi connectivity index (χ1n) is 10.8. The maximum Gasteiger partial charge on any atom is 0.335 e. The molecule has 1 amide bonds. The SMILES string of the molecule is CN1c2ccc(C(=O)O)cc2NC1(Nc1nc2ccc(Cl)cc2s1)C(C(N)=O)N1CCNCC1. The molecule has 178 valence electrons. The molecule has 3 aromatic rings. The maximum absolute atomic E-state index is 13.0. The van der Waals surface area contributed by atoms with E-state index >= 15 is 0 Å². The van der Waals surface area contributed by atoms with E-state index in [1.807, 2.05) is 29.0 Å². The Morgan fingerprint density at radius 1 is 1.26 bits per heavy atom. The van der Waals surface area contributed by atoms with Gasteiger partial charge in [-0.1, -0.05) is 22.9 Å². The molecular formula is C22H24ClN7O3S. The Labute approximate surface area is 204 Å². The Morgan fingerprint density at radius 3 is 2.74 bits per heavy atom. The molecule has 12 heteroatoms. The van der Waals surface area contributed by atoms with Gasteiger partial charge in [0.05, 0.1) is 27.2 Å². The number of fused-ring (bicyclic) bond motifs is 2. The number of aromatic carboxylic acids is 1. The van der Waals surface area contributed by atoms with Gasteiger partial charge < -0.3 is 31.7 Å². The largest absolute Gasteiger partial charge is 0.478 e. The van der Waals surface area contributed by atoms with E-state index in [4.69, 9.17) is 22.3 Å². The van der Waals surface area contributed by atoms with Gasteiger partial charge in [-0.25, -0.2) is 9.78 Å². The van der Waals surface area contributed by atoms with Crippen LogP contribution in [0, 0.1) is 0 Å². The highest BCUT2D eigenvalue weighted by molar-refractivity contribution is 7.22. The number of carboxylic acid groups (broad SMARTS) is 1. The van der Waals surface area contributed by atoms with Crippen molar-refractivity contribution in [1.82, 2.24) is 15.2 Å². The third-order valence-corrected chi connectivity index (χ3v) is 7.46. The van der Waals surface area contributed by atoms with Gasteiger partial charge in [-0.2, -0.15) is 0 Å². The summed E-state index contributed by atoms with van der Waals surface area (Å²) in [6.45, 7) is 2.69. The summed E-state index contributed by atoms with van der Waals surface area (Å²) in [4.78, 5) is 33.2. The van der Waals surface area contributed by atoms with Gasteiger partial charge in [-0.3, -0.25) is 9.69 Å². The number of hydrogen-bond donors (Lipinski definition) is 5. The number of halogens is 1. The number of nitrogens with one attached hydrogen (secondary N) is 3. The van der Waals surface area contributed by atoms with E-state index in [0.717, 1.165) is 29.0 Å². The molecule has 5 rings (SSSR count). The van der Waals surface area contributed by atoms with Gasteiger partial charge in [-0.05, 0) is 36.4 Å². The lowest BCUT2D eigenvalue weighted by Gasteiger charge is -2.47. The number of piperazine rings is 1. The normalized spacial score (nSPS) is 21.2.